The molecule has 4 rings (SSSR count). The van der Waals surface area contributed by atoms with Crippen molar-refractivity contribution in [1.29, 1.82) is 5.26 Å². The van der Waals surface area contributed by atoms with Crippen LogP contribution >= 0.6 is 0 Å². The number of rotatable bonds is 4. The summed E-state index contributed by atoms with van der Waals surface area (Å²) in [6.07, 6.45) is 1.48. The Hall–Kier alpha value is -2.80. The van der Waals surface area contributed by atoms with E-state index < -0.39 is 11.0 Å². The fourth-order valence-corrected chi connectivity index (χ4v) is 4.59. The lowest BCUT2D eigenvalue weighted by Gasteiger charge is -2.25. The average Bonchev–Trinajstić information content (AvgIpc) is 3.17. The predicted molar refractivity (Wildman–Crippen MR) is 109 cm³/mol. The summed E-state index contributed by atoms with van der Waals surface area (Å²) in [7, 11) is -1.25. The van der Waals surface area contributed by atoms with Crippen LogP contribution in [0, 0.1) is 11.3 Å². The van der Waals surface area contributed by atoms with Crippen LogP contribution in [0.3, 0.4) is 0 Å². The van der Waals surface area contributed by atoms with Gasteiger partial charge in [0.1, 0.15) is 22.6 Å². The number of aromatic amines is 1. The number of H-pyrrole nitrogens is 1. The third kappa shape index (κ3) is 3.51. The lowest BCUT2D eigenvalue weighted by Crippen LogP contribution is -2.37. The molecule has 1 aromatic carbocycles. The third-order valence-corrected chi connectivity index (χ3v) is 6.44. The maximum atomic E-state index is 13.0. The van der Waals surface area contributed by atoms with Crippen molar-refractivity contribution in [1.82, 2.24) is 18.9 Å². The lowest BCUT2D eigenvalue weighted by atomic mass is 9.98. The van der Waals surface area contributed by atoms with Crippen LogP contribution in [0.25, 0.3) is 16.9 Å². The van der Waals surface area contributed by atoms with Gasteiger partial charge in [-0.05, 0) is 18.1 Å². The summed E-state index contributed by atoms with van der Waals surface area (Å²) in [5.74, 6) is -0.0575. The van der Waals surface area contributed by atoms with Gasteiger partial charge in [-0.25, -0.2) is 18.0 Å². The van der Waals surface area contributed by atoms with Gasteiger partial charge in [0.25, 0.3) is 5.56 Å². The van der Waals surface area contributed by atoms with E-state index in [-0.39, 0.29) is 11.5 Å². The highest BCUT2D eigenvalue weighted by atomic mass is 32.2. The third-order valence-electron chi connectivity index (χ3n) is 4.93. The second-order valence-electron chi connectivity index (χ2n) is 7.11. The van der Waals surface area contributed by atoms with Gasteiger partial charge in [0, 0.05) is 30.4 Å². The van der Waals surface area contributed by atoms with Gasteiger partial charge >= 0.3 is 0 Å². The Labute approximate surface area is 170 Å². The summed E-state index contributed by atoms with van der Waals surface area (Å²) in [6.45, 7) is 6.28. The second kappa shape index (κ2) is 7.91. The second-order valence-corrected chi connectivity index (χ2v) is 8.59. The Morgan fingerprint density at radius 2 is 1.93 bits per heavy atom. The average molecular weight is 411 g/mol. The molecule has 1 unspecified atom stereocenters. The first-order chi connectivity index (χ1) is 14.0. The number of ether oxygens (including phenoxy) is 1. The Bertz CT molecular complexity index is 1170. The molecule has 3 aromatic rings. The monoisotopic (exact) mass is 411 g/mol. The van der Waals surface area contributed by atoms with Crippen molar-refractivity contribution in [2.45, 2.75) is 24.7 Å². The first-order valence-corrected chi connectivity index (χ1v) is 10.5. The zero-order valence-corrected chi connectivity index (χ0v) is 17.0. The van der Waals surface area contributed by atoms with Crippen LogP contribution in [0.15, 0.2) is 40.2 Å². The molecule has 0 radical (unpaired) electrons. The minimum absolute atomic E-state index is 0.0575. The number of hydrogen-bond donors (Lipinski definition) is 1. The molecule has 1 aliphatic heterocycles. The first kappa shape index (κ1) is 19.5. The Balaban J connectivity index is 1.78. The Morgan fingerprint density at radius 3 is 2.55 bits per heavy atom. The standard InChI is InChI=1S/C20H21N5O3S/c1-13(2)17-18(23-19-15(11-21)12-22-25(19)20(17)26)14-3-5-16(6-4-14)29(27)24-7-9-28-10-8-24/h3-6,12-13,22H,7-10H2,1-2H3. The number of fused-ring (bicyclic) bond motifs is 1. The van der Waals surface area contributed by atoms with Crippen molar-refractivity contribution < 1.29 is 8.95 Å². The molecule has 29 heavy (non-hydrogen) atoms. The van der Waals surface area contributed by atoms with Crippen molar-refractivity contribution in [2.24, 2.45) is 0 Å². The molecule has 1 saturated heterocycles. The van der Waals surface area contributed by atoms with Gasteiger partial charge in [0.2, 0.25) is 0 Å². The number of morpholine rings is 1. The summed E-state index contributed by atoms with van der Waals surface area (Å²) < 4.78 is 21.3. The Kier molecular flexibility index (Phi) is 5.32. The molecule has 150 valence electrons. The van der Waals surface area contributed by atoms with E-state index in [1.165, 1.54) is 10.7 Å². The fourth-order valence-electron chi connectivity index (χ4n) is 3.44. The van der Waals surface area contributed by atoms with E-state index in [0.717, 1.165) is 5.56 Å². The number of aromatic nitrogens is 3. The van der Waals surface area contributed by atoms with Crippen LogP contribution < -0.4 is 5.56 Å². The van der Waals surface area contributed by atoms with Crippen molar-refractivity contribution in [3.05, 3.63) is 51.9 Å². The van der Waals surface area contributed by atoms with E-state index >= 15 is 0 Å². The number of benzene rings is 1. The van der Waals surface area contributed by atoms with E-state index in [2.05, 4.69) is 16.2 Å². The number of hydrogen-bond acceptors (Lipinski definition) is 5. The van der Waals surface area contributed by atoms with Gasteiger partial charge < -0.3 is 4.74 Å². The molecule has 2 aromatic heterocycles. The maximum Gasteiger partial charge on any atom is 0.276 e. The molecule has 8 nitrogen and oxygen atoms in total. The molecular formula is C20H21N5O3S. The molecule has 1 aliphatic rings. The van der Waals surface area contributed by atoms with Crippen LogP contribution in [-0.4, -0.2) is 49.4 Å². The molecule has 1 atom stereocenters. The van der Waals surface area contributed by atoms with Crippen LogP contribution in [0.5, 0.6) is 0 Å². The molecule has 0 spiro atoms. The highest BCUT2D eigenvalue weighted by Crippen LogP contribution is 2.27. The normalized spacial score (nSPS) is 16.2. The predicted octanol–water partition coefficient (Wildman–Crippen LogP) is 2.04. The van der Waals surface area contributed by atoms with Crippen LogP contribution in [0.2, 0.25) is 0 Å². The molecular weight excluding hydrogens is 390 g/mol. The molecule has 9 heteroatoms. The van der Waals surface area contributed by atoms with E-state index in [1.807, 2.05) is 30.3 Å². The zero-order chi connectivity index (χ0) is 20.5. The molecule has 1 fully saturated rings. The Morgan fingerprint density at radius 1 is 1.24 bits per heavy atom. The number of nitriles is 1. The smallest absolute Gasteiger partial charge is 0.276 e. The largest absolute Gasteiger partial charge is 0.379 e. The topological polar surface area (TPSA) is 103 Å². The van der Waals surface area contributed by atoms with Gasteiger partial charge in [-0.15, -0.1) is 0 Å². The lowest BCUT2D eigenvalue weighted by molar-refractivity contribution is 0.0752. The van der Waals surface area contributed by atoms with Crippen molar-refractivity contribution >= 4 is 16.6 Å². The highest BCUT2D eigenvalue weighted by Gasteiger charge is 2.21. The van der Waals surface area contributed by atoms with E-state index in [9.17, 15) is 14.3 Å². The van der Waals surface area contributed by atoms with Crippen LogP contribution in [-0.2, 0) is 15.7 Å². The van der Waals surface area contributed by atoms with Gasteiger partial charge in [-0.3, -0.25) is 9.89 Å². The van der Waals surface area contributed by atoms with Gasteiger partial charge in [0.05, 0.1) is 23.8 Å². The molecule has 3 heterocycles. The van der Waals surface area contributed by atoms with E-state index in [1.54, 1.807) is 12.1 Å². The number of nitrogens with zero attached hydrogens (tertiary/aromatic N) is 4. The minimum Gasteiger partial charge on any atom is -0.379 e. The summed E-state index contributed by atoms with van der Waals surface area (Å²) in [5.41, 5.74) is 2.26. The fraction of sp³-hybridized carbons (Fsp3) is 0.350. The van der Waals surface area contributed by atoms with E-state index in [0.29, 0.717) is 53.7 Å². The quantitative estimate of drug-likeness (QED) is 0.708. The highest BCUT2D eigenvalue weighted by molar-refractivity contribution is 7.82. The molecule has 0 aliphatic carbocycles. The summed E-state index contributed by atoms with van der Waals surface area (Å²) in [6, 6.07) is 9.32. The van der Waals surface area contributed by atoms with Gasteiger partial charge in [-0.2, -0.15) is 5.26 Å². The first-order valence-electron chi connectivity index (χ1n) is 9.40. The maximum absolute atomic E-state index is 13.0. The molecule has 0 saturated carbocycles. The van der Waals surface area contributed by atoms with Crippen LogP contribution in [0.1, 0.15) is 30.9 Å². The van der Waals surface area contributed by atoms with Gasteiger partial charge in [0.15, 0.2) is 5.65 Å². The minimum atomic E-state index is -1.25. The number of nitrogens with one attached hydrogen (secondary N) is 1. The van der Waals surface area contributed by atoms with Crippen molar-refractivity contribution in [3.8, 4) is 17.3 Å². The van der Waals surface area contributed by atoms with E-state index in [4.69, 9.17) is 4.74 Å². The van der Waals surface area contributed by atoms with Crippen molar-refractivity contribution in [3.63, 3.8) is 0 Å². The van der Waals surface area contributed by atoms with Crippen molar-refractivity contribution in [2.75, 3.05) is 26.3 Å². The summed E-state index contributed by atoms with van der Waals surface area (Å²) in [4.78, 5) is 18.3. The summed E-state index contributed by atoms with van der Waals surface area (Å²) >= 11 is 0. The van der Waals surface area contributed by atoms with Gasteiger partial charge in [-0.1, -0.05) is 26.0 Å². The zero-order valence-electron chi connectivity index (χ0n) is 16.2. The molecule has 0 bridgehead atoms. The van der Waals surface area contributed by atoms with Crippen LogP contribution in [0.4, 0.5) is 0 Å². The SMILES string of the molecule is CC(C)c1c(-c2ccc(S(=O)N3CCOCC3)cc2)nc2c(C#N)c[nH]n2c1=O. The summed E-state index contributed by atoms with van der Waals surface area (Å²) in [5, 5.41) is 12.1. The molecule has 1 N–H and O–H groups in total. The molecule has 0 amide bonds.